The molecule has 1 amide bonds. The zero-order chi connectivity index (χ0) is 12.5. The van der Waals surface area contributed by atoms with Crippen molar-refractivity contribution in [3.8, 4) is 0 Å². The minimum Gasteiger partial charge on any atom is -0.368 e. The first-order valence-corrected chi connectivity index (χ1v) is 6.81. The Morgan fingerprint density at radius 1 is 1.41 bits per heavy atom. The summed E-state index contributed by atoms with van der Waals surface area (Å²) in [6, 6.07) is 0.920. The second-order valence-electron chi connectivity index (χ2n) is 5.86. The molecule has 0 aromatic rings. The van der Waals surface area contributed by atoms with Crippen molar-refractivity contribution in [3.05, 3.63) is 0 Å². The van der Waals surface area contributed by atoms with Crippen LogP contribution in [0.15, 0.2) is 0 Å². The number of hydrogen-bond donors (Lipinski definition) is 2. The van der Waals surface area contributed by atoms with Gasteiger partial charge in [0.15, 0.2) is 0 Å². The van der Waals surface area contributed by atoms with E-state index in [1.165, 1.54) is 25.7 Å². The number of nitrogens with two attached hydrogens (primary N) is 1. The number of amides is 1. The Hall–Kier alpha value is -0.610. The lowest BCUT2D eigenvalue weighted by Gasteiger charge is -2.44. The third-order valence-corrected chi connectivity index (χ3v) is 4.59. The highest BCUT2D eigenvalue weighted by molar-refractivity contribution is 5.85. The first-order chi connectivity index (χ1) is 8.03. The summed E-state index contributed by atoms with van der Waals surface area (Å²) in [6.45, 7) is 3.12. The van der Waals surface area contributed by atoms with Crippen LogP contribution in [0.1, 0.15) is 45.4 Å². The molecule has 0 aromatic heterocycles. The maximum absolute atomic E-state index is 11.9. The molecule has 0 aromatic carbocycles. The number of rotatable bonds is 3. The molecule has 0 spiro atoms. The average Bonchev–Trinajstić information content (AvgIpc) is 2.76. The topological polar surface area (TPSA) is 58.4 Å². The van der Waals surface area contributed by atoms with Crippen LogP contribution in [0.4, 0.5) is 0 Å². The van der Waals surface area contributed by atoms with Gasteiger partial charge in [0.25, 0.3) is 0 Å². The predicted octanol–water partition coefficient (Wildman–Crippen LogP) is 0.857. The molecule has 17 heavy (non-hydrogen) atoms. The average molecular weight is 239 g/mol. The van der Waals surface area contributed by atoms with Gasteiger partial charge in [-0.3, -0.25) is 4.79 Å². The molecular weight excluding hydrogens is 214 g/mol. The van der Waals surface area contributed by atoms with Crippen molar-refractivity contribution in [1.29, 1.82) is 0 Å². The van der Waals surface area contributed by atoms with Gasteiger partial charge in [0.2, 0.25) is 5.91 Å². The summed E-state index contributed by atoms with van der Waals surface area (Å²) in [5.41, 5.74) is 5.21. The molecule has 1 aliphatic carbocycles. The lowest BCUT2D eigenvalue weighted by Crippen LogP contribution is -2.64. The quantitative estimate of drug-likeness (QED) is 0.768. The molecule has 1 heterocycles. The van der Waals surface area contributed by atoms with E-state index in [4.69, 9.17) is 5.73 Å². The van der Waals surface area contributed by atoms with Crippen molar-refractivity contribution in [2.24, 2.45) is 5.73 Å². The third-order valence-electron chi connectivity index (χ3n) is 4.59. The zero-order valence-electron chi connectivity index (χ0n) is 11.0. The van der Waals surface area contributed by atoms with Gasteiger partial charge in [0, 0.05) is 18.6 Å². The molecule has 2 unspecified atom stereocenters. The van der Waals surface area contributed by atoms with E-state index in [0.717, 1.165) is 19.4 Å². The van der Waals surface area contributed by atoms with Gasteiger partial charge in [0.05, 0.1) is 0 Å². The van der Waals surface area contributed by atoms with Crippen molar-refractivity contribution in [3.63, 3.8) is 0 Å². The first kappa shape index (κ1) is 12.8. The van der Waals surface area contributed by atoms with Crippen LogP contribution in [0, 0.1) is 0 Å². The van der Waals surface area contributed by atoms with Crippen molar-refractivity contribution in [1.82, 2.24) is 10.2 Å². The number of piperidine rings is 1. The smallest absolute Gasteiger partial charge is 0.237 e. The highest BCUT2D eigenvalue weighted by Crippen LogP contribution is 2.29. The predicted molar refractivity (Wildman–Crippen MR) is 68.6 cm³/mol. The lowest BCUT2D eigenvalue weighted by molar-refractivity contribution is -0.127. The minimum absolute atomic E-state index is 0.163. The fourth-order valence-electron chi connectivity index (χ4n) is 3.24. The van der Waals surface area contributed by atoms with E-state index in [9.17, 15) is 4.79 Å². The van der Waals surface area contributed by atoms with Gasteiger partial charge < -0.3 is 16.0 Å². The van der Waals surface area contributed by atoms with Crippen LogP contribution in [0.3, 0.4) is 0 Å². The molecule has 1 aliphatic heterocycles. The summed E-state index contributed by atoms with van der Waals surface area (Å²) in [6.07, 6.45) is 6.64. The van der Waals surface area contributed by atoms with Crippen LogP contribution in [0.25, 0.3) is 0 Å². The zero-order valence-corrected chi connectivity index (χ0v) is 11.0. The van der Waals surface area contributed by atoms with Crippen LogP contribution >= 0.6 is 0 Å². The molecule has 2 fully saturated rings. The Kier molecular flexibility index (Phi) is 3.73. The lowest BCUT2D eigenvalue weighted by atomic mass is 9.82. The first-order valence-electron chi connectivity index (χ1n) is 6.81. The minimum atomic E-state index is -0.457. The number of nitrogens with one attached hydrogen (secondary N) is 1. The van der Waals surface area contributed by atoms with Crippen molar-refractivity contribution >= 4 is 5.91 Å². The summed E-state index contributed by atoms with van der Waals surface area (Å²) in [4.78, 5) is 14.2. The van der Waals surface area contributed by atoms with Crippen LogP contribution in [-0.2, 0) is 4.79 Å². The summed E-state index contributed by atoms with van der Waals surface area (Å²) >= 11 is 0. The van der Waals surface area contributed by atoms with Crippen LogP contribution in [-0.4, -0.2) is 42.0 Å². The van der Waals surface area contributed by atoms with Gasteiger partial charge in [-0.1, -0.05) is 12.8 Å². The third kappa shape index (κ3) is 2.63. The van der Waals surface area contributed by atoms with Gasteiger partial charge in [0.1, 0.15) is 5.54 Å². The Morgan fingerprint density at radius 3 is 2.59 bits per heavy atom. The molecule has 3 N–H and O–H groups in total. The second-order valence-corrected chi connectivity index (χ2v) is 5.86. The standard InChI is InChI=1S/C13H25N3O/c1-10-9-13(12(14)17,7-8-16(10)2)15-11-5-3-4-6-11/h10-11,15H,3-9H2,1-2H3,(H2,14,17). The summed E-state index contributed by atoms with van der Waals surface area (Å²) in [7, 11) is 2.12. The van der Waals surface area contributed by atoms with Gasteiger partial charge in [-0.05, 0) is 39.7 Å². The number of nitrogens with zero attached hydrogens (tertiary/aromatic N) is 1. The van der Waals surface area contributed by atoms with Crippen molar-refractivity contribution < 1.29 is 4.79 Å². The number of carbonyl (C=O) groups excluding carboxylic acids is 1. The van der Waals surface area contributed by atoms with Crippen molar-refractivity contribution in [2.75, 3.05) is 13.6 Å². The fourth-order valence-corrected chi connectivity index (χ4v) is 3.24. The molecule has 1 saturated carbocycles. The number of carbonyl (C=O) groups is 1. The van der Waals surface area contributed by atoms with E-state index in [2.05, 4.69) is 24.2 Å². The molecule has 2 rings (SSSR count). The van der Waals surface area contributed by atoms with E-state index in [1.54, 1.807) is 0 Å². The van der Waals surface area contributed by atoms with Gasteiger partial charge >= 0.3 is 0 Å². The Balaban J connectivity index is 2.06. The molecule has 0 bridgehead atoms. The Bertz CT molecular complexity index is 288. The number of primary amides is 1. The van der Waals surface area contributed by atoms with Crippen LogP contribution in [0.2, 0.25) is 0 Å². The maximum atomic E-state index is 11.9. The van der Waals surface area contributed by atoms with Crippen LogP contribution < -0.4 is 11.1 Å². The molecule has 1 saturated heterocycles. The SMILES string of the molecule is CC1CC(NC2CCCC2)(C(N)=O)CCN1C. The molecule has 0 radical (unpaired) electrons. The molecule has 2 atom stereocenters. The van der Waals surface area contributed by atoms with E-state index < -0.39 is 5.54 Å². The summed E-state index contributed by atoms with van der Waals surface area (Å²) in [5.74, 6) is -0.163. The highest BCUT2D eigenvalue weighted by Gasteiger charge is 2.43. The second kappa shape index (κ2) is 4.94. The highest BCUT2D eigenvalue weighted by atomic mass is 16.1. The van der Waals surface area contributed by atoms with Gasteiger partial charge in [-0.2, -0.15) is 0 Å². The molecular formula is C13H25N3O. The van der Waals surface area contributed by atoms with E-state index in [0.29, 0.717) is 12.1 Å². The van der Waals surface area contributed by atoms with Crippen LogP contribution in [0.5, 0.6) is 0 Å². The molecule has 2 aliphatic rings. The summed E-state index contributed by atoms with van der Waals surface area (Å²) in [5, 5.41) is 3.58. The Morgan fingerprint density at radius 2 is 2.06 bits per heavy atom. The van der Waals surface area contributed by atoms with Gasteiger partial charge in [-0.25, -0.2) is 0 Å². The maximum Gasteiger partial charge on any atom is 0.237 e. The normalized spacial score (nSPS) is 36.2. The molecule has 4 heteroatoms. The van der Waals surface area contributed by atoms with E-state index in [1.807, 2.05) is 0 Å². The van der Waals surface area contributed by atoms with E-state index in [-0.39, 0.29) is 5.91 Å². The van der Waals surface area contributed by atoms with E-state index >= 15 is 0 Å². The Labute approximate surface area is 104 Å². The van der Waals surface area contributed by atoms with Gasteiger partial charge in [-0.15, -0.1) is 0 Å². The number of hydrogen-bond acceptors (Lipinski definition) is 3. The molecule has 98 valence electrons. The summed E-state index contributed by atoms with van der Waals surface area (Å²) < 4.78 is 0. The van der Waals surface area contributed by atoms with Crippen molar-refractivity contribution in [2.45, 2.75) is 63.1 Å². The number of likely N-dealkylation sites (tertiary alicyclic amines) is 1. The fraction of sp³-hybridized carbons (Fsp3) is 0.923. The molecule has 4 nitrogen and oxygen atoms in total. The largest absolute Gasteiger partial charge is 0.368 e. The monoisotopic (exact) mass is 239 g/mol.